The SMILES string of the molecule is CCCNc1cc(N2CCOCC2CC)cc([N+](=O)[O-])c1. The number of nitro groups is 1. The van der Waals surface area contributed by atoms with Crippen molar-refractivity contribution in [3.63, 3.8) is 0 Å². The fourth-order valence-electron chi connectivity index (χ4n) is 2.57. The Morgan fingerprint density at radius 1 is 1.43 bits per heavy atom. The van der Waals surface area contributed by atoms with Gasteiger partial charge in [-0.15, -0.1) is 0 Å². The quantitative estimate of drug-likeness (QED) is 0.645. The Hall–Kier alpha value is -1.82. The van der Waals surface area contributed by atoms with Crippen molar-refractivity contribution in [1.82, 2.24) is 0 Å². The van der Waals surface area contributed by atoms with Crippen LogP contribution in [-0.2, 0) is 4.74 Å². The van der Waals surface area contributed by atoms with Crippen molar-refractivity contribution in [3.8, 4) is 0 Å². The number of hydrogen-bond acceptors (Lipinski definition) is 5. The van der Waals surface area contributed by atoms with Crippen molar-refractivity contribution in [2.45, 2.75) is 32.7 Å². The second kappa shape index (κ2) is 7.26. The lowest BCUT2D eigenvalue weighted by Gasteiger charge is -2.37. The number of rotatable bonds is 6. The molecule has 0 bridgehead atoms. The highest BCUT2D eigenvalue weighted by molar-refractivity contribution is 5.65. The number of anilines is 2. The van der Waals surface area contributed by atoms with Gasteiger partial charge in [-0.05, 0) is 18.9 Å². The van der Waals surface area contributed by atoms with Gasteiger partial charge in [-0.25, -0.2) is 0 Å². The third-order valence-corrected chi connectivity index (χ3v) is 3.72. The summed E-state index contributed by atoms with van der Waals surface area (Å²) in [6, 6.07) is 5.53. The molecule has 1 saturated heterocycles. The van der Waals surface area contributed by atoms with Crippen molar-refractivity contribution >= 4 is 17.1 Å². The first-order chi connectivity index (χ1) is 10.2. The first-order valence-electron chi connectivity index (χ1n) is 7.53. The average molecular weight is 293 g/mol. The molecule has 1 N–H and O–H groups in total. The lowest BCUT2D eigenvalue weighted by atomic mass is 10.1. The van der Waals surface area contributed by atoms with Crippen LogP contribution in [0.1, 0.15) is 26.7 Å². The predicted molar refractivity (Wildman–Crippen MR) is 84.1 cm³/mol. The van der Waals surface area contributed by atoms with E-state index >= 15 is 0 Å². The van der Waals surface area contributed by atoms with Crippen LogP contribution in [0.3, 0.4) is 0 Å². The van der Waals surface area contributed by atoms with Gasteiger partial charge in [0.1, 0.15) is 0 Å². The zero-order valence-corrected chi connectivity index (χ0v) is 12.7. The van der Waals surface area contributed by atoms with E-state index in [9.17, 15) is 10.1 Å². The van der Waals surface area contributed by atoms with Gasteiger partial charge >= 0.3 is 0 Å². The Bertz CT molecular complexity index is 493. The van der Waals surface area contributed by atoms with Gasteiger partial charge in [0.05, 0.1) is 24.2 Å². The maximum Gasteiger partial charge on any atom is 0.273 e. The minimum atomic E-state index is -0.331. The van der Waals surface area contributed by atoms with Gasteiger partial charge in [0.25, 0.3) is 5.69 Å². The fourth-order valence-corrected chi connectivity index (χ4v) is 2.57. The van der Waals surface area contributed by atoms with Gasteiger partial charge in [0.15, 0.2) is 0 Å². The van der Waals surface area contributed by atoms with E-state index in [1.54, 1.807) is 12.1 Å². The molecule has 1 aliphatic rings. The average Bonchev–Trinajstić information content (AvgIpc) is 2.52. The number of non-ortho nitro benzene ring substituents is 1. The largest absolute Gasteiger partial charge is 0.385 e. The second-order valence-corrected chi connectivity index (χ2v) is 5.25. The molecule has 6 heteroatoms. The Kier molecular flexibility index (Phi) is 5.38. The topological polar surface area (TPSA) is 67.6 Å². The van der Waals surface area contributed by atoms with E-state index in [0.717, 1.165) is 37.3 Å². The molecule has 1 unspecified atom stereocenters. The number of ether oxygens (including phenoxy) is 1. The van der Waals surface area contributed by atoms with Crippen LogP contribution < -0.4 is 10.2 Å². The van der Waals surface area contributed by atoms with Crippen LogP contribution in [0.15, 0.2) is 18.2 Å². The van der Waals surface area contributed by atoms with Gasteiger partial charge in [-0.2, -0.15) is 0 Å². The Morgan fingerprint density at radius 3 is 2.90 bits per heavy atom. The molecule has 0 spiro atoms. The molecule has 0 radical (unpaired) electrons. The van der Waals surface area contributed by atoms with Crippen molar-refractivity contribution in [2.75, 3.05) is 36.5 Å². The molecule has 1 atom stereocenters. The highest BCUT2D eigenvalue weighted by atomic mass is 16.6. The van der Waals surface area contributed by atoms with Crippen LogP contribution >= 0.6 is 0 Å². The first-order valence-corrected chi connectivity index (χ1v) is 7.53. The molecule has 0 amide bonds. The molecule has 2 rings (SSSR count). The molecule has 0 aromatic heterocycles. The molecule has 6 nitrogen and oxygen atoms in total. The summed E-state index contributed by atoms with van der Waals surface area (Å²) in [5, 5.41) is 14.4. The molecule has 0 aliphatic carbocycles. The number of nitro benzene ring substituents is 1. The fraction of sp³-hybridized carbons (Fsp3) is 0.600. The predicted octanol–water partition coefficient (Wildman–Crippen LogP) is 3.03. The van der Waals surface area contributed by atoms with Crippen LogP contribution in [0.25, 0.3) is 0 Å². The maximum atomic E-state index is 11.1. The van der Waals surface area contributed by atoms with Gasteiger partial charge < -0.3 is 15.0 Å². The van der Waals surface area contributed by atoms with E-state index in [2.05, 4.69) is 24.1 Å². The zero-order chi connectivity index (χ0) is 15.2. The number of nitrogens with one attached hydrogen (secondary N) is 1. The number of hydrogen-bond donors (Lipinski definition) is 1. The van der Waals surface area contributed by atoms with Gasteiger partial charge in [0.2, 0.25) is 0 Å². The second-order valence-electron chi connectivity index (χ2n) is 5.25. The molecule has 1 fully saturated rings. The lowest BCUT2D eigenvalue weighted by molar-refractivity contribution is -0.384. The van der Waals surface area contributed by atoms with E-state index < -0.39 is 0 Å². The molecule has 1 aromatic carbocycles. The van der Waals surface area contributed by atoms with E-state index in [-0.39, 0.29) is 16.7 Å². The summed E-state index contributed by atoms with van der Waals surface area (Å²) in [4.78, 5) is 13.0. The smallest absolute Gasteiger partial charge is 0.273 e. The summed E-state index contributed by atoms with van der Waals surface area (Å²) >= 11 is 0. The molecule has 116 valence electrons. The summed E-state index contributed by atoms with van der Waals surface area (Å²) in [6.45, 7) is 7.10. The molecule has 0 saturated carbocycles. The maximum absolute atomic E-state index is 11.1. The summed E-state index contributed by atoms with van der Waals surface area (Å²) in [6.07, 6.45) is 1.94. The number of nitrogens with zero attached hydrogens (tertiary/aromatic N) is 2. The molecular weight excluding hydrogens is 270 g/mol. The number of morpholine rings is 1. The molecular formula is C15H23N3O3. The van der Waals surface area contributed by atoms with Crippen LogP contribution in [0.2, 0.25) is 0 Å². The highest BCUT2D eigenvalue weighted by Crippen LogP contribution is 2.29. The third-order valence-electron chi connectivity index (χ3n) is 3.72. The Labute approximate surface area is 125 Å². The van der Waals surface area contributed by atoms with E-state index in [1.165, 1.54) is 0 Å². The summed E-state index contributed by atoms with van der Waals surface area (Å²) in [5.74, 6) is 0. The van der Waals surface area contributed by atoms with Crippen LogP contribution in [0.4, 0.5) is 17.1 Å². The Balaban J connectivity index is 2.31. The van der Waals surface area contributed by atoms with E-state index in [1.807, 2.05) is 6.07 Å². The van der Waals surface area contributed by atoms with Crippen molar-refractivity contribution in [3.05, 3.63) is 28.3 Å². The van der Waals surface area contributed by atoms with Crippen LogP contribution in [-0.4, -0.2) is 37.3 Å². The van der Waals surface area contributed by atoms with Crippen molar-refractivity contribution < 1.29 is 9.66 Å². The molecule has 1 aliphatic heterocycles. The molecule has 21 heavy (non-hydrogen) atoms. The van der Waals surface area contributed by atoms with Gasteiger partial charge in [-0.1, -0.05) is 13.8 Å². The minimum absolute atomic E-state index is 0.132. The molecule has 1 aromatic rings. The summed E-state index contributed by atoms with van der Waals surface area (Å²) in [5.41, 5.74) is 1.84. The minimum Gasteiger partial charge on any atom is -0.385 e. The van der Waals surface area contributed by atoms with Gasteiger partial charge in [0, 0.05) is 36.6 Å². The highest BCUT2D eigenvalue weighted by Gasteiger charge is 2.23. The summed E-state index contributed by atoms with van der Waals surface area (Å²) in [7, 11) is 0. The van der Waals surface area contributed by atoms with E-state index in [0.29, 0.717) is 13.2 Å². The van der Waals surface area contributed by atoms with E-state index in [4.69, 9.17) is 4.74 Å². The van der Waals surface area contributed by atoms with Gasteiger partial charge in [-0.3, -0.25) is 10.1 Å². The van der Waals surface area contributed by atoms with Crippen LogP contribution in [0.5, 0.6) is 0 Å². The molecule has 1 heterocycles. The third kappa shape index (κ3) is 3.85. The number of benzene rings is 1. The summed E-state index contributed by atoms with van der Waals surface area (Å²) < 4.78 is 5.51. The van der Waals surface area contributed by atoms with Crippen molar-refractivity contribution in [2.24, 2.45) is 0 Å². The zero-order valence-electron chi connectivity index (χ0n) is 12.7. The normalized spacial score (nSPS) is 18.6. The lowest BCUT2D eigenvalue weighted by Crippen LogP contribution is -2.45. The van der Waals surface area contributed by atoms with Crippen LogP contribution in [0, 0.1) is 10.1 Å². The standard InChI is InChI=1S/C15H23N3O3/c1-3-5-16-12-8-14(10-15(9-12)18(19)20)17-6-7-21-11-13(17)4-2/h8-10,13,16H,3-7,11H2,1-2H3. The van der Waals surface area contributed by atoms with Crippen molar-refractivity contribution in [1.29, 1.82) is 0 Å². The first kappa shape index (κ1) is 15.6. The monoisotopic (exact) mass is 293 g/mol. The Morgan fingerprint density at radius 2 is 2.24 bits per heavy atom.